The summed E-state index contributed by atoms with van der Waals surface area (Å²) in [7, 11) is 0. The molecule has 0 unspecified atom stereocenters. The second-order valence-electron chi connectivity index (χ2n) is 4.42. The summed E-state index contributed by atoms with van der Waals surface area (Å²) in [6.07, 6.45) is 0.746. The van der Waals surface area contributed by atoms with Gasteiger partial charge in [0.15, 0.2) is 0 Å². The Hall–Kier alpha value is -1.88. The minimum absolute atomic E-state index is 0.130. The van der Waals surface area contributed by atoms with E-state index in [1.165, 1.54) is 0 Å². The van der Waals surface area contributed by atoms with Gasteiger partial charge >= 0.3 is 0 Å². The molecular formula is C14H17N3OS. The number of para-hydroxylation sites is 1. The Morgan fingerprint density at radius 1 is 1.42 bits per heavy atom. The van der Waals surface area contributed by atoms with Crippen LogP contribution in [0.5, 0.6) is 0 Å². The summed E-state index contributed by atoms with van der Waals surface area (Å²) >= 11 is 1.62. The molecule has 19 heavy (non-hydrogen) atoms. The molecule has 0 saturated carbocycles. The summed E-state index contributed by atoms with van der Waals surface area (Å²) in [5.74, 6) is -0.130. The standard InChI is InChI=1S/C14H17N3OS/c1-9-4-3-5-11(13(9)15)14(18)16-7-6-12-17-10(2)8-19-12/h3-5,8H,6-7,15H2,1-2H3,(H,16,18). The molecule has 1 aromatic carbocycles. The zero-order valence-corrected chi connectivity index (χ0v) is 11.9. The number of amides is 1. The first-order chi connectivity index (χ1) is 9.08. The molecule has 0 fully saturated rings. The minimum atomic E-state index is -0.130. The molecule has 0 bridgehead atoms. The van der Waals surface area contributed by atoms with Gasteiger partial charge in [0, 0.05) is 29.7 Å². The van der Waals surface area contributed by atoms with Gasteiger partial charge in [-0.05, 0) is 25.5 Å². The third-order valence-corrected chi connectivity index (χ3v) is 3.89. The molecule has 0 saturated heterocycles. The molecule has 1 aromatic heterocycles. The van der Waals surface area contributed by atoms with Crippen molar-refractivity contribution >= 4 is 22.9 Å². The Morgan fingerprint density at radius 3 is 2.89 bits per heavy atom. The number of carbonyl (C=O) groups excluding carboxylic acids is 1. The highest BCUT2D eigenvalue weighted by molar-refractivity contribution is 7.09. The van der Waals surface area contributed by atoms with Crippen LogP contribution in [0, 0.1) is 13.8 Å². The molecule has 4 nitrogen and oxygen atoms in total. The average Bonchev–Trinajstić information content (AvgIpc) is 2.78. The summed E-state index contributed by atoms with van der Waals surface area (Å²) < 4.78 is 0. The fraction of sp³-hybridized carbons (Fsp3) is 0.286. The Bertz CT molecular complexity index is 592. The molecule has 1 amide bonds. The minimum Gasteiger partial charge on any atom is -0.398 e. The molecule has 0 aliphatic carbocycles. The van der Waals surface area contributed by atoms with E-state index in [1.54, 1.807) is 17.4 Å². The lowest BCUT2D eigenvalue weighted by Crippen LogP contribution is -2.26. The van der Waals surface area contributed by atoms with Crippen LogP contribution >= 0.6 is 11.3 Å². The van der Waals surface area contributed by atoms with Crippen LogP contribution in [-0.2, 0) is 6.42 Å². The normalized spacial score (nSPS) is 10.4. The van der Waals surface area contributed by atoms with Crippen LogP contribution in [-0.4, -0.2) is 17.4 Å². The first-order valence-corrected chi connectivity index (χ1v) is 7.00. The van der Waals surface area contributed by atoms with Gasteiger partial charge in [0.05, 0.1) is 10.6 Å². The van der Waals surface area contributed by atoms with Crippen LogP contribution in [0.3, 0.4) is 0 Å². The van der Waals surface area contributed by atoms with E-state index in [9.17, 15) is 4.79 Å². The molecule has 100 valence electrons. The smallest absolute Gasteiger partial charge is 0.253 e. The molecule has 0 aliphatic heterocycles. The van der Waals surface area contributed by atoms with Crippen LogP contribution in [0.15, 0.2) is 23.6 Å². The SMILES string of the molecule is Cc1csc(CCNC(=O)c2cccc(C)c2N)n1. The van der Waals surface area contributed by atoms with E-state index in [0.29, 0.717) is 17.8 Å². The van der Waals surface area contributed by atoms with Gasteiger partial charge in [-0.15, -0.1) is 11.3 Å². The topological polar surface area (TPSA) is 68.0 Å². The van der Waals surface area contributed by atoms with E-state index >= 15 is 0 Å². The second kappa shape index (κ2) is 5.84. The molecule has 0 aliphatic rings. The van der Waals surface area contributed by atoms with Crippen LogP contribution in [0.2, 0.25) is 0 Å². The monoisotopic (exact) mass is 275 g/mol. The quantitative estimate of drug-likeness (QED) is 0.841. The number of nitrogens with one attached hydrogen (secondary N) is 1. The lowest BCUT2D eigenvalue weighted by atomic mass is 10.1. The highest BCUT2D eigenvalue weighted by atomic mass is 32.1. The van der Waals surface area contributed by atoms with Crippen molar-refractivity contribution in [2.24, 2.45) is 0 Å². The van der Waals surface area contributed by atoms with E-state index in [4.69, 9.17) is 5.73 Å². The van der Waals surface area contributed by atoms with Crippen LogP contribution in [0.1, 0.15) is 26.6 Å². The van der Waals surface area contributed by atoms with Crippen molar-refractivity contribution in [3.63, 3.8) is 0 Å². The molecular weight excluding hydrogens is 258 g/mol. The Kier molecular flexibility index (Phi) is 4.16. The summed E-state index contributed by atoms with van der Waals surface area (Å²) in [6, 6.07) is 5.47. The van der Waals surface area contributed by atoms with Gasteiger partial charge in [-0.25, -0.2) is 4.98 Å². The first-order valence-electron chi connectivity index (χ1n) is 6.12. The molecule has 3 N–H and O–H groups in total. The number of benzene rings is 1. The predicted octanol–water partition coefficient (Wildman–Crippen LogP) is 2.31. The fourth-order valence-corrected chi connectivity index (χ4v) is 2.55. The lowest BCUT2D eigenvalue weighted by molar-refractivity contribution is 0.0955. The third-order valence-electron chi connectivity index (χ3n) is 2.86. The number of aromatic nitrogens is 1. The van der Waals surface area contributed by atoms with E-state index in [-0.39, 0.29) is 5.91 Å². The highest BCUT2D eigenvalue weighted by Crippen LogP contribution is 2.16. The number of aryl methyl sites for hydroxylation is 2. The number of carbonyl (C=O) groups is 1. The van der Waals surface area contributed by atoms with Crippen LogP contribution < -0.4 is 11.1 Å². The molecule has 0 radical (unpaired) electrons. The van der Waals surface area contributed by atoms with E-state index < -0.39 is 0 Å². The number of thiazole rings is 1. The fourth-order valence-electron chi connectivity index (χ4n) is 1.77. The molecule has 1 heterocycles. The van der Waals surface area contributed by atoms with Gasteiger partial charge in [0.1, 0.15) is 0 Å². The van der Waals surface area contributed by atoms with Crippen molar-refractivity contribution < 1.29 is 4.79 Å². The first kappa shape index (κ1) is 13.5. The van der Waals surface area contributed by atoms with Gasteiger partial charge in [-0.1, -0.05) is 12.1 Å². The summed E-state index contributed by atoms with van der Waals surface area (Å²) in [6.45, 7) is 4.43. The van der Waals surface area contributed by atoms with Gasteiger partial charge in [0.2, 0.25) is 0 Å². The molecule has 0 atom stereocenters. The molecule has 2 rings (SSSR count). The Labute approximate surface area is 116 Å². The third kappa shape index (κ3) is 3.32. The number of nitrogens with zero attached hydrogens (tertiary/aromatic N) is 1. The zero-order chi connectivity index (χ0) is 13.8. The van der Waals surface area contributed by atoms with Crippen molar-refractivity contribution in [2.45, 2.75) is 20.3 Å². The van der Waals surface area contributed by atoms with Gasteiger partial charge in [-0.2, -0.15) is 0 Å². The highest BCUT2D eigenvalue weighted by Gasteiger charge is 2.10. The number of nitrogens with two attached hydrogens (primary N) is 1. The number of hydrogen-bond donors (Lipinski definition) is 2. The maximum Gasteiger partial charge on any atom is 0.253 e. The van der Waals surface area contributed by atoms with Gasteiger partial charge < -0.3 is 11.1 Å². The Morgan fingerprint density at radius 2 is 2.21 bits per heavy atom. The van der Waals surface area contributed by atoms with Crippen molar-refractivity contribution in [2.75, 3.05) is 12.3 Å². The van der Waals surface area contributed by atoms with Crippen molar-refractivity contribution in [1.29, 1.82) is 0 Å². The van der Waals surface area contributed by atoms with Crippen LogP contribution in [0.4, 0.5) is 5.69 Å². The van der Waals surface area contributed by atoms with Crippen molar-refractivity contribution in [3.05, 3.63) is 45.4 Å². The van der Waals surface area contributed by atoms with Crippen LogP contribution in [0.25, 0.3) is 0 Å². The van der Waals surface area contributed by atoms with Crippen molar-refractivity contribution in [1.82, 2.24) is 10.3 Å². The summed E-state index contributed by atoms with van der Waals surface area (Å²) in [5, 5.41) is 5.92. The average molecular weight is 275 g/mol. The Balaban J connectivity index is 1.93. The maximum atomic E-state index is 12.0. The number of rotatable bonds is 4. The predicted molar refractivity (Wildman–Crippen MR) is 78.5 cm³/mol. The second-order valence-corrected chi connectivity index (χ2v) is 5.37. The zero-order valence-electron chi connectivity index (χ0n) is 11.1. The summed E-state index contributed by atoms with van der Waals surface area (Å²) in [4.78, 5) is 16.4. The summed E-state index contributed by atoms with van der Waals surface area (Å²) in [5.41, 5.74) is 8.92. The van der Waals surface area contributed by atoms with Crippen molar-refractivity contribution in [3.8, 4) is 0 Å². The van der Waals surface area contributed by atoms with E-state index in [1.807, 2.05) is 31.4 Å². The molecule has 0 spiro atoms. The van der Waals surface area contributed by atoms with Gasteiger partial charge in [0.25, 0.3) is 5.91 Å². The number of anilines is 1. The number of nitrogen functional groups attached to an aromatic ring is 1. The van der Waals surface area contributed by atoms with E-state index in [2.05, 4.69) is 10.3 Å². The number of hydrogen-bond acceptors (Lipinski definition) is 4. The largest absolute Gasteiger partial charge is 0.398 e. The van der Waals surface area contributed by atoms with Gasteiger partial charge in [-0.3, -0.25) is 4.79 Å². The molecule has 2 aromatic rings. The maximum absolute atomic E-state index is 12.0. The lowest BCUT2D eigenvalue weighted by Gasteiger charge is -2.08. The van der Waals surface area contributed by atoms with E-state index in [0.717, 1.165) is 22.7 Å². The molecule has 5 heteroatoms.